The topological polar surface area (TPSA) is 70.2 Å². The van der Waals surface area contributed by atoms with E-state index in [0.717, 1.165) is 18.5 Å². The lowest BCUT2D eigenvalue weighted by atomic mass is 10.0. The molecule has 2 N–H and O–H groups in total. The van der Waals surface area contributed by atoms with Crippen LogP contribution in [0.5, 0.6) is 0 Å². The molecule has 2 atom stereocenters. The van der Waals surface area contributed by atoms with Crippen LogP contribution in [0.4, 0.5) is 4.39 Å². The van der Waals surface area contributed by atoms with Gasteiger partial charge in [-0.3, -0.25) is 14.8 Å². The third-order valence-electron chi connectivity index (χ3n) is 4.89. The van der Waals surface area contributed by atoms with Crippen molar-refractivity contribution in [1.29, 1.82) is 0 Å². The molecule has 0 saturated carbocycles. The number of morpholine rings is 1. The number of halogens is 2. The summed E-state index contributed by atoms with van der Waals surface area (Å²) in [6.45, 7) is 6.09. The van der Waals surface area contributed by atoms with Crippen LogP contribution in [-0.2, 0) is 11.2 Å². The highest BCUT2D eigenvalue weighted by atomic mass is 35.5. The third-order valence-corrected chi connectivity index (χ3v) is 5.21. The molecule has 1 aromatic carbocycles. The standard InChI is InChI=1S/C20H26ClFN4O2/c1-3-5-14-10-17(25-24-14)20(27)23-11-18(26-8-9-28-13(2)12-26)19-15(21)6-4-7-16(19)22/h4,6-7,10,13,18H,3,5,8-9,11-12H2,1-2H3,(H,23,27)(H,24,25). The minimum absolute atomic E-state index is 0.0282. The summed E-state index contributed by atoms with van der Waals surface area (Å²) in [4.78, 5) is 14.7. The van der Waals surface area contributed by atoms with Crippen LogP contribution in [-0.4, -0.2) is 53.3 Å². The molecule has 0 spiro atoms. The highest BCUT2D eigenvalue weighted by Crippen LogP contribution is 2.31. The predicted octanol–water partition coefficient (Wildman–Crippen LogP) is 3.35. The van der Waals surface area contributed by atoms with Gasteiger partial charge in [0.25, 0.3) is 5.91 Å². The maximum atomic E-state index is 14.6. The van der Waals surface area contributed by atoms with Crippen molar-refractivity contribution in [3.05, 3.63) is 52.1 Å². The van der Waals surface area contributed by atoms with Gasteiger partial charge in [0.05, 0.1) is 18.8 Å². The van der Waals surface area contributed by atoms with E-state index in [1.54, 1.807) is 18.2 Å². The summed E-state index contributed by atoms with van der Waals surface area (Å²) in [5.41, 5.74) is 1.65. The van der Waals surface area contributed by atoms with E-state index >= 15 is 0 Å². The Morgan fingerprint density at radius 1 is 1.54 bits per heavy atom. The van der Waals surface area contributed by atoms with E-state index in [2.05, 4.69) is 27.3 Å². The fraction of sp³-hybridized carbons (Fsp3) is 0.500. The fourth-order valence-corrected chi connectivity index (χ4v) is 3.82. The normalized spacial score (nSPS) is 18.8. The second-order valence-corrected chi connectivity index (χ2v) is 7.47. The van der Waals surface area contributed by atoms with E-state index in [1.165, 1.54) is 6.07 Å². The Kier molecular flexibility index (Phi) is 7.04. The number of H-pyrrole nitrogens is 1. The van der Waals surface area contributed by atoms with Gasteiger partial charge in [-0.2, -0.15) is 5.10 Å². The highest BCUT2D eigenvalue weighted by Gasteiger charge is 2.29. The van der Waals surface area contributed by atoms with Crippen molar-refractivity contribution >= 4 is 17.5 Å². The molecule has 1 fully saturated rings. The summed E-state index contributed by atoms with van der Waals surface area (Å²) in [5.74, 6) is -0.673. The monoisotopic (exact) mass is 408 g/mol. The third kappa shape index (κ3) is 4.90. The summed E-state index contributed by atoms with van der Waals surface area (Å²) in [5, 5.41) is 10.2. The Bertz CT molecular complexity index is 793. The number of carbonyl (C=O) groups is 1. The largest absolute Gasteiger partial charge is 0.376 e. The van der Waals surface area contributed by atoms with Gasteiger partial charge in [0.1, 0.15) is 11.5 Å². The average Bonchev–Trinajstić information content (AvgIpc) is 3.13. The quantitative estimate of drug-likeness (QED) is 0.737. The first-order chi connectivity index (χ1) is 13.5. The summed E-state index contributed by atoms with van der Waals surface area (Å²) < 4.78 is 20.2. The molecule has 2 heterocycles. The van der Waals surface area contributed by atoms with Crippen LogP contribution in [0.3, 0.4) is 0 Å². The summed E-state index contributed by atoms with van der Waals surface area (Å²) in [6.07, 6.45) is 1.83. The number of rotatable bonds is 7. The Morgan fingerprint density at radius 2 is 2.36 bits per heavy atom. The molecule has 28 heavy (non-hydrogen) atoms. The molecular weight excluding hydrogens is 383 g/mol. The molecule has 0 radical (unpaired) electrons. The molecule has 6 nitrogen and oxygen atoms in total. The van der Waals surface area contributed by atoms with Crippen LogP contribution in [0.15, 0.2) is 24.3 Å². The zero-order valence-electron chi connectivity index (χ0n) is 16.2. The lowest BCUT2D eigenvalue weighted by Gasteiger charge is -2.38. The van der Waals surface area contributed by atoms with Crippen molar-refractivity contribution < 1.29 is 13.9 Å². The van der Waals surface area contributed by atoms with E-state index in [4.69, 9.17) is 16.3 Å². The number of aromatic nitrogens is 2. The minimum atomic E-state index is -0.391. The Morgan fingerprint density at radius 3 is 3.07 bits per heavy atom. The van der Waals surface area contributed by atoms with E-state index in [0.29, 0.717) is 36.0 Å². The van der Waals surface area contributed by atoms with Crippen molar-refractivity contribution in [2.75, 3.05) is 26.2 Å². The number of nitrogens with one attached hydrogen (secondary N) is 2. The molecule has 1 aliphatic rings. The van der Waals surface area contributed by atoms with E-state index < -0.39 is 6.04 Å². The first kappa shape index (κ1) is 20.8. The Balaban J connectivity index is 1.78. The Hall–Kier alpha value is -1.96. The lowest BCUT2D eigenvalue weighted by molar-refractivity contribution is -0.0346. The van der Waals surface area contributed by atoms with Gasteiger partial charge in [0, 0.05) is 35.9 Å². The molecule has 0 bridgehead atoms. The summed E-state index contributed by atoms with van der Waals surface area (Å²) in [7, 11) is 0. The van der Waals surface area contributed by atoms with Crippen LogP contribution in [0.2, 0.25) is 5.02 Å². The smallest absolute Gasteiger partial charge is 0.271 e. The molecule has 1 amide bonds. The molecular formula is C20H26ClFN4O2. The summed E-state index contributed by atoms with van der Waals surface area (Å²) in [6, 6.07) is 6.00. The van der Waals surface area contributed by atoms with Gasteiger partial charge >= 0.3 is 0 Å². The molecule has 2 unspecified atom stereocenters. The first-order valence-electron chi connectivity index (χ1n) is 9.61. The number of nitrogens with zero attached hydrogens (tertiary/aromatic N) is 2. The summed E-state index contributed by atoms with van der Waals surface area (Å²) >= 11 is 6.32. The minimum Gasteiger partial charge on any atom is -0.376 e. The maximum Gasteiger partial charge on any atom is 0.271 e. The zero-order valence-corrected chi connectivity index (χ0v) is 16.9. The van der Waals surface area contributed by atoms with Crippen molar-refractivity contribution in [1.82, 2.24) is 20.4 Å². The highest BCUT2D eigenvalue weighted by molar-refractivity contribution is 6.31. The predicted molar refractivity (Wildman–Crippen MR) is 106 cm³/mol. The maximum absolute atomic E-state index is 14.6. The molecule has 0 aliphatic carbocycles. The molecule has 1 saturated heterocycles. The molecule has 3 rings (SSSR count). The van der Waals surface area contributed by atoms with Crippen molar-refractivity contribution in [2.45, 2.75) is 38.8 Å². The number of aromatic amines is 1. The van der Waals surface area contributed by atoms with Gasteiger partial charge in [-0.25, -0.2) is 4.39 Å². The number of hydrogen-bond donors (Lipinski definition) is 2. The lowest BCUT2D eigenvalue weighted by Crippen LogP contribution is -2.47. The molecule has 1 aromatic heterocycles. The van der Waals surface area contributed by atoms with Gasteiger partial charge in [-0.05, 0) is 31.5 Å². The van der Waals surface area contributed by atoms with Crippen LogP contribution >= 0.6 is 11.6 Å². The zero-order chi connectivity index (χ0) is 20.1. The van der Waals surface area contributed by atoms with Crippen molar-refractivity contribution in [2.24, 2.45) is 0 Å². The van der Waals surface area contributed by atoms with E-state index in [1.807, 2.05) is 6.92 Å². The second kappa shape index (κ2) is 9.49. The number of aryl methyl sites for hydroxylation is 1. The molecule has 2 aromatic rings. The SMILES string of the molecule is CCCc1cc(C(=O)NCC(c2c(F)cccc2Cl)N2CCOC(C)C2)n[nH]1. The van der Waals surface area contributed by atoms with Crippen molar-refractivity contribution in [3.8, 4) is 0 Å². The van der Waals surface area contributed by atoms with E-state index in [-0.39, 0.29) is 24.4 Å². The number of amides is 1. The van der Waals surface area contributed by atoms with Gasteiger partial charge in [-0.1, -0.05) is 31.0 Å². The van der Waals surface area contributed by atoms with Gasteiger partial charge in [0.15, 0.2) is 0 Å². The van der Waals surface area contributed by atoms with E-state index in [9.17, 15) is 9.18 Å². The fourth-order valence-electron chi connectivity index (χ4n) is 3.53. The van der Waals surface area contributed by atoms with Gasteiger partial charge in [-0.15, -0.1) is 0 Å². The Labute approximate surface area is 169 Å². The number of ether oxygens (including phenoxy) is 1. The first-order valence-corrected chi connectivity index (χ1v) is 9.99. The van der Waals surface area contributed by atoms with Gasteiger partial charge in [0.2, 0.25) is 0 Å². The molecule has 8 heteroatoms. The average molecular weight is 409 g/mol. The van der Waals surface area contributed by atoms with Crippen LogP contribution < -0.4 is 5.32 Å². The molecule has 1 aliphatic heterocycles. The van der Waals surface area contributed by atoms with Crippen LogP contribution in [0.25, 0.3) is 0 Å². The number of benzene rings is 1. The van der Waals surface area contributed by atoms with Gasteiger partial charge < -0.3 is 10.1 Å². The van der Waals surface area contributed by atoms with Crippen LogP contribution in [0, 0.1) is 5.82 Å². The number of hydrogen-bond acceptors (Lipinski definition) is 4. The van der Waals surface area contributed by atoms with Crippen LogP contribution in [0.1, 0.15) is 48.1 Å². The number of carbonyl (C=O) groups excluding carboxylic acids is 1. The molecule has 152 valence electrons. The van der Waals surface area contributed by atoms with Crippen molar-refractivity contribution in [3.63, 3.8) is 0 Å². The second-order valence-electron chi connectivity index (χ2n) is 7.07.